The van der Waals surface area contributed by atoms with Gasteiger partial charge in [0.25, 0.3) is 0 Å². The van der Waals surface area contributed by atoms with E-state index in [9.17, 15) is 19.8 Å². The van der Waals surface area contributed by atoms with E-state index in [1.165, 1.54) is 5.69 Å². The Balaban J connectivity index is 0.564. The SMILES string of the molecule is Cc1ncsc1-c1ccc([C@H](C)NC(=O)[C@@H]2C[C@@H](O)CN2C(=O)[C@@H](c2cc(N3CCC(CN4CCC(OC5CC(Oc6cccc(N7C8CCC7CN(c7cc(-c9ccccc9O)nnc7N)C8)c6)C5)CC4)CC3)no2)C(C)C)cc1. The molecule has 3 aromatic heterocycles. The number of hydrogen-bond donors (Lipinski definition) is 4. The number of carbonyl (C=O) groups is 2. The van der Waals surface area contributed by atoms with E-state index in [0.29, 0.717) is 40.8 Å². The Bertz CT molecular complexity index is 3140. The molecule has 428 valence electrons. The van der Waals surface area contributed by atoms with Crippen molar-refractivity contribution in [3.63, 3.8) is 0 Å². The van der Waals surface area contributed by atoms with E-state index < -0.39 is 18.1 Å². The van der Waals surface area contributed by atoms with Crippen molar-refractivity contribution in [1.29, 1.82) is 0 Å². The maximum absolute atomic E-state index is 14.4. The number of aromatic nitrogens is 4. The van der Waals surface area contributed by atoms with Crippen LogP contribution in [-0.4, -0.2) is 147 Å². The van der Waals surface area contributed by atoms with E-state index in [0.717, 1.165) is 136 Å². The van der Waals surface area contributed by atoms with Crippen LogP contribution >= 0.6 is 11.3 Å². The number of rotatable bonds is 17. The van der Waals surface area contributed by atoms with Crippen LogP contribution in [0.25, 0.3) is 21.7 Å². The molecule has 6 atom stereocenters. The minimum absolute atomic E-state index is 0.0863. The van der Waals surface area contributed by atoms with E-state index in [1.807, 2.05) is 81.7 Å². The second kappa shape index (κ2) is 23.6. The number of hydrogen-bond acceptors (Lipinski definition) is 17. The number of β-amino-alcohol motifs (C(OH)–C–C–N with tert-alkyl or cyclic N) is 1. The third kappa shape index (κ3) is 11.8. The number of ether oxygens (including phenoxy) is 2. The number of nitrogens with two attached hydrogens (primary N) is 1. The zero-order valence-electron chi connectivity index (χ0n) is 47.0. The Hall–Kier alpha value is -6.80. The number of anilines is 4. The topological polar surface area (TPSA) is 212 Å². The first-order valence-electron chi connectivity index (χ1n) is 29.4. The zero-order chi connectivity index (χ0) is 55.9. The van der Waals surface area contributed by atoms with E-state index in [4.69, 9.17) is 19.7 Å². The Morgan fingerprint density at radius 3 is 2.30 bits per heavy atom. The summed E-state index contributed by atoms with van der Waals surface area (Å²) in [4.78, 5) is 45.1. The summed E-state index contributed by atoms with van der Waals surface area (Å²) in [7, 11) is 0. The van der Waals surface area contributed by atoms with Gasteiger partial charge in [-0.05, 0) is 106 Å². The molecule has 12 rings (SSSR count). The number of aromatic hydroxyl groups is 1. The fourth-order valence-corrected chi connectivity index (χ4v) is 14.3. The Morgan fingerprint density at radius 1 is 0.827 bits per heavy atom. The van der Waals surface area contributed by atoms with Gasteiger partial charge in [0.2, 0.25) is 11.8 Å². The van der Waals surface area contributed by atoms with Gasteiger partial charge in [-0.25, -0.2) is 4.98 Å². The molecule has 1 aliphatic carbocycles. The molecule has 8 heterocycles. The molecule has 5 N–H and O–H groups in total. The number of carbonyl (C=O) groups excluding carboxylic acids is 2. The van der Waals surface area contributed by atoms with Gasteiger partial charge in [0.05, 0.1) is 51.8 Å². The number of phenolic OH excluding ortho intramolecular Hbond substituents is 1. The summed E-state index contributed by atoms with van der Waals surface area (Å²) in [6.45, 7) is 14.5. The summed E-state index contributed by atoms with van der Waals surface area (Å²) >= 11 is 1.60. The maximum Gasteiger partial charge on any atom is 0.243 e. The van der Waals surface area contributed by atoms with Crippen LogP contribution in [0.1, 0.15) is 108 Å². The number of thiazole rings is 1. The van der Waals surface area contributed by atoms with Crippen molar-refractivity contribution in [2.75, 3.05) is 72.8 Å². The number of phenols is 1. The van der Waals surface area contributed by atoms with E-state index >= 15 is 0 Å². The molecule has 6 aromatic rings. The van der Waals surface area contributed by atoms with Crippen molar-refractivity contribution < 1.29 is 33.8 Å². The van der Waals surface area contributed by atoms with Crippen LogP contribution < -0.4 is 30.5 Å². The predicted octanol–water partition coefficient (Wildman–Crippen LogP) is 8.60. The van der Waals surface area contributed by atoms with Crippen molar-refractivity contribution >= 4 is 46.2 Å². The average Bonchev–Trinajstić information content (AvgIpc) is 4.39. The smallest absolute Gasteiger partial charge is 0.243 e. The van der Waals surface area contributed by atoms with Gasteiger partial charge in [-0.3, -0.25) is 9.59 Å². The molecular formula is C62H77N11O7S. The number of amides is 2. The van der Waals surface area contributed by atoms with Crippen LogP contribution in [0, 0.1) is 18.8 Å². The number of nitrogens with one attached hydrogen (secondary N) is 1. The minimum atomic E-state index is -0.801. The normalized spacial score (nSPS) is 24.4. The number of nitrogens with zero attached hydrogens (tertiary/aromatic N) is 9. The van der Waals surface area contributed by atoms with Gasteiger partial charge in [-0.1, -0.05) is 61.5 Å². The van der Waals surface area contributed by atoms with Gasteiger partial charge in [-0.15, -0.1) is 21.5 Å². The number of fused-ring (bicyclic) bond motifs is 2. The number of aliphatic hydroxyl groups is 1. The third-order valence-corrected chi connectivity index (χ3v) is 19.0. The average molecular weight is 1120 g/mol. The van der Waals surface area contributed by atoms with Gasteiger partial charge in [-0.2, -0.15) is 0 Å². The largest absolute Gasteiger partial charge is 0.507 e. The number of para-hydroxylation sites is 1. The van der Waals surface area contributed by atoms with E-state index in [-0.39, 0.29) is 60.8 Å². The summed E-state index contributed by atoms with van der Waals surface area (Å²) in [5.41, 5.74) is 14.6. The van der Waals surface area contributed by atoms with Gasteiger partial charge in [0.1, 0.15) is 29.6 Å². The molecule has 3 aromatic carbocycles. The van der Waals surface area contributed by atoms with Gasteiger partial charge in [0, 0.05) is 107 Å². The highest BCUT2D eigenvalue weighted by Crippen LogP contribution is 2.42. The molecule has 5 aliphatic heterocycles. The lowest BCUT2D eigenvalue weighted by Crippen LogP contribution is -2.54. The van der Waals surface area contributed by atoms with Crippen LogP contribution in [-0.2, 0) is 14.3 Å². The second-order valence-electron chi connectivity index (χ2n) is 23.9. The van der Waals surface area contributed by atoms with Gasteiger partial charge >= 0.3 is 0 Å². The molecule has 1 saturated carbocycles. The van der Waals surface area contributed by atoms with Crippen LogP contribution in [0.2, 0.25) is 0 Å². The van der Waals surface area contributed by atoms with Crippen LogP contribution in [0.4, 0.5) is 23.0 Å². The molecule has 0 spiro atoms. The summed E-state index contributed by atoms with van der Waals surface area (Å²) in [6, 6.07) is 27.3. The molecule has 2 unspecified atom stereocenters. The van der Waals surface area contributed by atoms with E-state index in [1.54, 1.807) is 28.4 Å². The number of nitrogen functional groups attached to an aromatic ring is 1. The maximum atomic E-state index is 14.4. The van der Waals surface area contributed by atoms with Gasteiger partial charge < -0.3 is 59.8 Å². The molecule has 2 bridgehead atoms. The first-order chi connectivity index (χ1) is 39.3. The molecule has 19 heteroatoms. The zero-order valence-corrected chi connectivity index (χ0v) is 47.8. The number of aryl methyl sites for hydroxylation is 1. The summed E-state index contributed by atoms with van der Waals surface area (Å²) in [5.74, 6) is 2.00. The molecule has 2 amide bonds. The first-order valence-corrected chi connectivity index (χ1v) is 30.3. The number of benzene rings is 3. The van der Waals surface area contributed by atoms with Crippen molar-refractivity contribution in [3.8, 4) is 33.2 Å². The fraction of sp³-hybridized carbons (Fsp3) is 0.516. The van der Waals surface area contributed by atoms with E-state index in [2.05, 4.69) is 69.5 Å². The second-order valence-corrected chi connectivity index (χ2v) is 24.8. The Labute approximate surface area is 478 Å². The molecule has 6 fully saturated rings. The van der Waals surface area contributed by atoms with Crippen LogP contribution in [0.15, 0.2) is 95.0 Å². The molecule has 5 saturated heterocycles. The quantitative estimate of drug-likeness (QED) is 0.0673. The van der Waals surface area contributed by atoms with Crippen molar-refractivity contribution in [2.45, 2.75) is 140 Å². The molecule has 0 radical (unpaired) electrons. The Morgan fingerprint density at radius 2 is 1.58 bits per heavy atom. The number of piperazine rings is 1. The lowest BCUT2D eigenvalue weighted by Gasteiger charge is -2.44. The fourth-order valence-electron chi connectivity index (χ4n) is 13.5. The lowest BCUT2D eigenvalue weighted by molar-refractivity contribution is -0.141. The summed E-state index contributed by atoms with van der Waals surface area (Å²) < 4.78 is 19.2. The highest BCUT2D eigenvalue weighted by atomic mass is 32.1. The number of piperidine rings is 2. The van der Waals surface area contributed by atoms with Crippen LogP contribution in [0.3, 0.4) is 0 Å². The lowest BCUT2D eigenvalue weighted by atomic mass is 9.91. The molecule has 18 nitrogen and oxygen atoms in total. The first kappa shape index (κ1) is 54.8. The summed E-state index contributed by atoms with van der Waals surface area (Å²) in [5, 5.41) is 37.5. The minimum Gasteiger partial charge on any atom is -0.507 e. The molecular weight excluding hydrogens is 1040 g/mol. The van der Waals surface area contributed by atoms with Crippen molar-refractivity contribution in [3.05, 3.63) is 107 Å². The number of likely N-dealkylation sites (tertiary alicyclic amines) is 2. The van der Waals surface area contributed by atoms with Crippen LogP contribution in [0.5, 0.6) is 11.5 Å². The molecule has 81 heavy (non-hydrogen) atoms. The number of aliphatic hydroxyl groups excluding tert-OH is 1. The standard InChI is InChI=1S/C62H77N11O7S/c1-37(2)58(62(77)72-35-46(74)27-54(72)61(76)65-38(3)41-12-14-42(15-13-41)59-39(4)64-36-81-59)56-31-57(68-80-56)70-24-18-40(19-25-70)32-69-22-20-47(21-23-69)78-49-28-50(29-49)79-48-9-7-8-43(26-48)73-44-16-17-45(73)34-71(33-44)53-30-52(66-67-60(53)63)51-10-5-6-11-55(51)75/h5-15,26,30-31,36-38,40,44-47,49-50,54,58,74-75H,16-25,27-29,32-35H2,1-4H3,(H2,63,67)(H,65,76)/t38-,44?,45?,46+,49?,50?,54-,58+/m0/s1. The molecule has 6 aliphatic rings. The highest BCUT2D eigenvalue weighted by molar-refractivity contribution is 7.13. The van der Waals surface area contributed by atoms with Crippen molar-refractivity contribution in [2.24, 2.45) is 11.8 Å². The Kier molecular flexibility index (Phi) is 15.9. The summed E-state index contributed by atoms with van der Waals surface area (Å²) in [6.07, 6.45) is 8.24. The monoisotopic (exact) mass is 1120 g/mol. The predicted molar refractivity (Wildman–Crippen MR) is 313 cm³/mol. The third-order valence-electron chi connectivity index (χ3n) is 18.0. The highest BCUT2D eigenvalue weighted by Gasteiger charge is 2.45. The van der Waals surface area contributed by atoms with Crippen molar-refractivity contribution in [1.82, 2.24) is 35.5 Å². The van der Waals surface area contributed by atoms with Gasteiger partial charge in [0.15, 0.2) is 17.4 Å².